The number of nitrogens with one attached hydrogen (secondary N) is 1. The lowest BCUT2D eigenvalue weighted by molar-refractivity contribution is 0.0933. The fourth-order valence-corrected chi connectivity index (χ4v) is 3.67. The topological polar surface area (TPSA) is 28.2 Å². The van der Waals surface area contributed by atoms with Gasteiger partial charge in [0.15, 0.2) is 0 Å². The number of aromatic nitrogens is 1. The molecule has 3 nitrogen and oxygen atoms in total. The minimum Gasteiger partial charge on any atom is -0.313 e. The van der Waals surface area contributed by atoms with E-state index in [2.05, 4.69) is 48.1 Å². The first-order chi connectivity index (χ1) is 10.3. The van der Waals surface area contributed by atoms with E-state index in [0.29, 0.717) is 12.1 Å². The predicted molar refractivity (Wildman–Crippen MR) is 89.2 cm³/mol. The lowest BCUT2D eigenvalue weighted by atomic mass is 9.80. The number of hydrogen-bond acceptors (Lipinski definition) is 3. The van der Waals surface area contributed by atoms with Gasteiger partial charge >= 0.3 is 0 Å². The first-order valence-corrected chi connectivity index (χ1v) is 8.65. The molecule has 1 heterocycles. The normalized spacial score (nSPS) is 26.2. The van der Waals surface area contributed by atoms with Crippen LogP contribution in [0.1, 0.15) is 52.1 Å². The Bertz CT molecular complexity index is 393. The van der Waals surface area contributed by atoms with Gasteiger partial charge < -0.3 is 5.32 Å². The lowest BCUT2D eigenvalue weighted by Gasteiger charge is -2.42. The zero-order valence-corrected chi connectivity index (χ0v) is 13.9. The highest BCUT2D eigenvalue weighted by atomic mass is 15.2. The van der Waals surface area contributed by atoms with Gasteiger partial charge in [-0.25, -0.2) is 0 Å². The standard InChI is InChI=1S/C18H31N3/c1-4-15-10-11-17(19-5-2)18(13-15)21(6-3)14-16-9-7-8-12-20-16/h7-9,12,15,17-19H,4-6,10-11,13-14H2,1-3H3. The van der Waals surface area contributed by atoms with Gasteiger partial charge in [-0.05, 0) is 50.4 Å². The van der Waals surface area contributed by atoms with Crippen molar-refractivity contribution in [2.75, 3.05) is 13.1 Å². The van der Waals surface area contributed by atoms with E-state index in [-0.39, 0.29) is 0 Å². The Morgan fingerprint density at radius 2 is 2.10 bits per heavy atom. The van der Waals surface area contributed by atoms with Crippen LogP contribution in [0.25, 0.3) is 0 Å². The van der Waals surface area contributed by atoms with Crippen molar-refractivity contribution in [3.63, 3.8) is 0 Å². The Hall–Kier alpha value is -0.930. The second kappa shape index (κ2) is 8.50. The maximum absolute atomic E-state index is 4.51. The zero-order valence-electron chi connectivity index (χ0n) is 13.9. The van der Waals surface area contributed by atoms with E-state index in [1.54, 1.807) is 0 Å². The van der Waals surface area contributed by atoms with Crippen molar-refractivity contribution in [1.82, 2.24) is 15.2 Å². The van der Waals surface area contributed by atoms with Crippen molar-refractivity contribution in [3.8, 4) is 0 Å². The van der Waals surface area contributed by atoms with Crippen LogP contribution in [-0.2, 0) is 6.54 Å². The van der Waals surface area contributed by atoms with Gasteiger partial charge in [-0.15, -0.1) is 0 Å². The van der Waals surface area contributed by atoms with E-state index in [4.69, 9.17) is 0 Å². The molecule has 1 fully saturated rings. The van der Waals surface area contributed by atoms with E-state index in [9.17, 15) is 0 Å². The molecule has 1 aliphatic rings. The van der Waals surface area contributed by atoms with Crippen LogP contribution >= 0.6 is 0 Å². The summed E-state index contributed by atoms with van der Waals surface area (Å²) in [4.78, 5) is 7.13. The number of rotatable bonds is 7. The summed E-state index contributed by atoms with van der Waals surface area (Å²) in [5.74, 6) is 0.891. The smallest absolute Gasteiger partial charge is 0.0544 e. The van der Waals surface area contributed by atoms with Crippen molar-refractivity contribution in [2.24, 2.45) is 5.92 Å². The largest absolute Gasteiger partial charge is 0.313 e. The zero-order chi connectivity index (χ0) is 15.1. The molecule has 0 aliphatic heterocycles. The fraction of sp³-hybridized carbons (Fsp3) is 0.722. The summed E-state index contributed by atoms with van der Waals surface area (Å²) in [7, 11) is 0. The molecule has 3 atom stereocenters. The van der Waals surface area contributed by atoms with Crippen LogP contribution in [0.2, 0.25) is 0 Å². The van der Waals surface area contributed by atoms with E-state index in [1.807, 2.05) is 12.3 Å². The molecule has 0 bridgehead atoms. The lowest BCUT2D eigenvalue weighted by Crippen LogP contribution is -2.53. The maximum atomic E-state index is 4.51. The van der Waals surface area contributed by atoms with Gasteiger partial charge in [-0.2, -0.15) is 0 Å². The molecular formula is C18H31N3. The number of likely N-dealkylation sites (N-methyl/N-ethyl adjacent to an activating group) is 2. The summed E-state index contributed by atoms with van der Waals surface area (Å²) in [5, 5.41) is 3.72. The van der Waals surface area contributed by atoms with Crippen LogP contribution in [-0.4, -0.2) is 35.1 Å². The maximum Gasteiger partial charge on any atom is 0.0544 e. The van der Waals surface area contributed by atoms with E-state index in [0.717, 1.165) is 25.6 Å². The fourth-order valence-electron chi connectivity index (χ4n) is 3.67. The second-order valence-electron chi connectivity index (χ2n) is 6.20. The van der Waals surface area contributed by atoms with Crippen LogP contribution < -0.4 is 5.32 Å². The average Bonchev–Trinajstić information content (AvgIpc) is 2.54. The van der Waals surface area contributed by atoms with Crippen LogP contribution in [0.15, 0.2) is 24.4 Å². The quantitative estimate of drug-likeness (QED) is 0.833. The summed E-state index contributed by atoms with van der Waals surface area (Å²) in [6.45, 7) is 9.98. The molecule has 0 aromatic carbocycles. The van der Waals surface area contributed by atoms with Gasteiger partial charge in [0.25, 0.3) is 0 Å². The van der Waals surface area contributed by atoms with E-state index < -0.39 is 0 Å². The molecule has 0 radical (unpaired) electrons. The molecule has 118 valence electrons. The van der Waals surface area contributed by atoms with Crippen molar-refractivity contribution < 1.29 is 0 Å². The Balaban J connectivity index is 2.07. The molecular weight excluding hydrogens is 258 g/mol. The van der Waals surface area contributed by atoms with E-state index >= 15 is 0 Å². The third-order valence-corrected chi connectivity index (χ3v) is 4.94. The average molecular weight is 289 g/mol. The first-order valence-electron chi connectivity index (χ1n) is 8.65. The molecule has 2 rings (SSSR count). The summed E-state index contributed by atoms with van der Waals surface area (Å²) >= 11 is 0. The minimum atomic E-state index is 0.640. The Morgan fingerprint density at radius 1 is 1.24 bits per heavy atom. The molecule has 1 saturated carbocycles. The highest BCUT2D eigenvalue weighted by Gasteiger charge is 2.32. The van der Waals surface area contributed by atoms with Crippen LogP contribution in [0.4, 0.5) is 0 Å². The Kier molecular flexibility index (Phi) is 6.65. The summed E-state index contributed by atoms with van der Waals surface area (Å²) < 4.78 is 0. The summed E-state index contributed by atoms with van der Waals surface area (Å²) in [6, 6.07) is 7.52. The molecule has 1 aliphatic carbocycles. The van der Waals surface area contributed by atoms with Crippen molar-refractivity contribution in [3.05, 3.63) is 30.1 Å². The van der Waals surface area contributed by atoms with Crippen LogP contribution in [0.5, 0.6) is 0 Å². The molecule has 1 aromatic rings. The predicted octanol–water partition coefficient (Wildman–Crippen LogP) is 3.46. The van der Waals surface area contributed by atoms with Gasteiger partial charge in [0.1, 0.15) is 0 Å². The van der Waals surface area contributed by atoms with Crippen molar-refractivity contribution in [2.45, 2.75) is 65.1 Å². The molecule has 1 aromatic heterocycles. The monoisotopic (exact) mass is 289 g/mol. The highest BCUT2D eigenvalue weighted by molar-refractivity contribution is 5.04. The van der Waals surface area contributed by atoms with E-state index in [1.165, 1.54) is 31.4 Å². The van der Waals surface area contributed by atoms with Crippen LogP contribution in [0, 0.1) is 5.92 Å². The van der Waals surface area contributed by atoms with Crippen molar-refractivity contribution in [1.29, 1.82) is 0 Å². The highest BCUT2D eigenvalue weighted by Crippen LogP contribution is 2.30. The molecule has 0 saturated heterocycles. The number of hydrogen-bond donors (Lipinski definition) is 1. The van der Waals surface area contributed by atoms with Gasteiger partial charge in [0, 0.05) is 24.8 Å². The Morgan fingerprint density at radius 3 is 2.71 bits per heavy atom. The van der Waals surface area contributed by atoms with Gasteiger partial charge in [-0.3, -0.25) is 9.88 Å². The van der Waals surface area contributed by atoms with Gasteiger partial charge in [0.2, 0.25) is 0 Å². The van der Waals surface area contributed by atoms with Gasteiger partial charge in [-0.1, -0.05) is 33.3 Å². The first kappa shape index (κ1) is 16.4. The van der Waals surface area contributed by atoms with Gasteiger partial charge in [0.05, 0.1) is 5.69 Å². The molecule has 3 heteroatoms. The molecule has 0 spiro atoms. The SMILES string of the molecule is CCNC1CCC(CC)CC1N(CC)Cc1ccccn1. The van der Waals surface area contributed by atoms with Crippen molar-refractivity contribution >= 4 is 0 Å². The third kappa shape index (κ3) is 4.52. The molecule has 21 heavy (non-hydrogen) atoms. The second-order valence-corrected chi connectivity index (χ2v) is 6.20. The summed E-state index contributed by atoms with van der Waals surface area (Å²) in [6.07, 6.45) is 7.24. The number of pyridine rings is 1. The van der Waals surface area contributed by atoms with Crippen LogP contribution in [0.3, 0.4) is 0 Å². The molecule has 1 N–H and O–H groups in total. The minimum absolute atomic E-state index is 0.640. The third-order valence-electron chi connectivity index (χ3n) is 4.94. The Labute approximate surface area is 130 Å². The molecule has 3 unspecified atom stereocenters. The molecule has 0 amide bonds. The summed E-state index contributed by atoms with van der Waals surface area (Å²) in [5.41, 5.74) is 1.19. The number of nitrogens with zero attached hydrogens (tertiary/aromatic N) is 2.